The summed E-state index contributed by atoms with van der Waals surface area (Å²) in [5.41, 5.74) is 4.87. The number of carbonyl (C=O) groups excluding carboxylic acids is 2. The van der Waals surface area contributed by atoms with Gasteiger partial charge in [-0.1, -0.05) is 42.5 Å². The van der Waals surface area contributed by atoms with Crippen LogP contribution in [0, 0.1) is 13.8 Å². The zero-order chi connectivity index (χ0) is 20.1. The summed E-state index contributed by atoms with van der Waals surface area (Å²) in [7, 11) is 0. The van der Waals surface area contributed by atoms with E-state index in [4.69, 9.17) is 0 Å². The third-order valence-electron chi connectivity index (χ3n) is 5.54. The van der Waals surface area contributed by atoms with Crippen LogP contribution in [0.2, 0.25) is 0 Å². The number of carbonyl (C=O) groups is 2. The molecule has 2 aromatic carbocycles. The highest BCUT2D eigenvalue weighted by Crippen LogP contribution is 2.24. The number of amides is 2. The molecule has 0 aromatic heterocycles. The topological polar surface area (TPSA) is 43.9 Å². The number of hydrogen-bond donors (Lipinski definition) is 0. The first-order chi connectivity index (χ1) is 13.5. The Morgan fingerprint density at radius 2 is 1.61 bits per heavy atom. The monoisotopic (exact) mass is 379 g/mol. The zero-order valence-corrected chi connectivity index (χ0v) is 17.0. The van der Waals surface area contributed by atoms with Crippen molar-refractivity contribution in [1.82, 2.24) is 9.80 Å². The van der Waals surface area contributed by atoms with Crippen molar-refractivity contribution in [2.75, 3.05) is 37.6 Å². The molecule has 3 rings (SSSR count). The molecule has 0 N–H and O–H groups in total. The van der Waals surface area contributed by atoms with Crippen LogP contribution in [0.3, 0.4) is 0 Å². The summed E-state index contributed by atoms with van der Waals surface area (Å²) in [6, 6.07) is 16.2. The summed E-state index contributed by atoms with van der Waals surface area (Å²) in [6.45, 7) is 9.39. The molecular formula is C23H29N3O2. The molecule has 2 amide bonds. The number of piperazine rings is 1. The molecule has 1 saturated heterocycles. The summed E-state index contributed by atoms with van der Waals surface area (Å²) in [6.07, 6.45) is 0. The molecule has 0 radical (unpaired) electrons. The Labute approximate surface area is 167 Å². The fourth-order valence-corrected chi connectivity index (χ4v) is 3.62. The molecule has 2 aromatic rings. The Bertz CT molecular complexity index is 827. The molecule has 5 nitrogen and oxygen atoms in total. The lowest BCUT2D eigenvalue weighted by Crippen LogP contribution is -2.51. The second-order valence-corrected chi connectivity index (χ2v) is 7.45. The second kappa shape index (κ2) is 8.91. The third-order valence-corrected chi connectivity index (χ3v) is 5.54. The maximum Gasteiger partial charge on any atom is 0.242 e. The van der Waals surface area contributed by atoms with Crippen LogP contribution >= 0.6 is 0 Å². The molecule has 0 unspecified atom stereocenters. The maximum atomic E-state index is 12.8. The van der Waals surface area contributed by atoms with Crippen molar-refractivity contribution in [2.45, 2.75) is 27.3 Å². The summed E-state index contributed by atoms with van der Waals surface area (Å²) in [5.74, 6) is -0.0574. The van der Waals surface area contributed by atoms with Gasteiger partial charge in [0, 0.05) is 45.3 Å². The van der Waals surface area contributed by atoms with Crippen LogP contribution in [0.25, 0.3) is 0 Å². The Morgan fingerprint density at radius 3 is 2.25 bits per heavy atom. The lowest BCUT2D eigenvalue weighted by Gasteiger charge is -2.37. The molecular weight excluding hydrogens is 350 g/mol. The zero-order valence-electron chi connectivity index (χ0n) is 17.0. The van der Waals surface area contributed by atoms with Crippen LogP contribution in [-0.4, -0.2) is 54.3 Å². The molecule has 0 spiro atoms. The molecule has 148 valence electrons. The first-order valence-electron chi connectivity index (χ1n) is 9.84. The van der Waals surface area contributed by atoms with Gasteiger partial charge in [-0.2, -0.15) is 0 Å². The largest absolute Gasteiger partial charge is 0.368 e. The number of rotatable bonds is 5. The highest BCUT2D eigenvalue weighted by Gasteiger charge is 2.24. The molecule has 0 saturated carbocycles. The summed E-state index contributed by atoms with van der Waals surface area (Å²) in [4.78, 5) is 30.6. The van der Waals surface area contributed by atoms with E-state index in [-0.39, 0.29) is 18.4 Å². The van der Waals surface area contributed by atoms with Crippen molar-refractivity contribution < 1.29 is 9.59 Å². The first kappa shape index (κ1) is 19.9. The van der Waals surface area contributed by atoms with Crippen molar-refractivity contribution in [3.63, 3.8) is 0 Å². The summed E-state index contributed by atoms with van der Waals surface area (Å²) in [5, 5.41) is 0. The van der Waals surface area contributed by atoms with Crippen LogP contribution in [-0.2, 0) is 16.1 Å². The van der Waals surface area contributed by atoms with E-state index < -0.39 is 0 Å². The van der Waals surface area contributed by atoms with Crippen molar-refractivity contribution >= 4 is 17.5 Å². The van der Waals surface area contributed by atoms with E-state index in [0.29, 0.717) is 19.6 Å². The van der Waals surface area contributed by atoms with Gasteiger partial charge in [-0.05, 0) is 36.6 Å². The highest BCUT2D eigenvalue weighted by molar-refractivity contribution is 5.84. The van der Waals surface area contributed by atoms with Gasteiger partial charge < -0.3 is 14.7 Å². The molecule has 1 heterocycles. The molecule has 1 aliphatic heterocycles. The number of aryl methyl sites for hydroxylation is 1. The van der Waals surface area contributed by atoms with Crippen LogP contribution in [0.15, 0.2) is 48.5 Å². The SMILES string of the molecule is CC(=O)N(CC(=O)N1CCN(c2cccc(C)c2C)CC1)Cc1ccccc1. The molecule has 1 aliphatic rings. The van der Waals surface area contributed by atoms with E-state index >= 15 is 0 Å². The minimum atomic E-state index is -0.0776. The van der Waals surface area contributed by atoms with E-state index in [1.807, 2.05) is 35.2 Å². The Balaban J connectivity index is 1.58. The fourth-order valence-electron chi connectivity index (χ4n) is 3.62. The molecule has 28 heavy (non-hydrogen) atoms. The number of benzene rings is 2. The van der Waals surface area contributed by atoms with Crippen LogP contribution < -0.4 is 4.90 Å². The standard InChI is InChI=1S/C23H29N3O2/c1-18-8-7-11-22(19(18)2)24-12-14-25(15-13-24)23(28)17-26(20(3)27)16-21-9-5-4-6-10-21/h4-11H,12-17H2,1-3H3. The molecule has 0 aliphatic carbocycles. The van der Waals surface area contributed by atoms with Gasteiger partial charge in [-0.3, -0.25) is 9.59 Å². The van der Waals surface area contributed by atoms with E-state index in [2.05, 4.69) is 36.9 Å². The molecule has 0 bridgehead atoms. The van der Waals surface area contributed by atoms with Gasteiger partial charge in [-0.15, -0.1) is 0 Å². The Hall–Kier alpha value is -2.82. The quantitative estimate of drug-likeness (QED) is 0.802. The lowest BCUT2D eigenvalue weighted by atomic mass is 10.1. The van der Waals surface area contributed by atoms with Gasteiger partial charge in [0.1, 0.15) is 6.54 Å². The van der Waals surface area contributed by atoms with Crippen molar-refractivity contribution in [3.05, 3.63) is 65.2 Å². The number of nitrogens with zero attached hydrogens (tertiary/aromatic N) is 3. The van der Waals surface area contributed by atoms with Crippen LogP contribution in [0.1, 0.15) is 23.6 Å². The van der Waals surface area contributed by atoms with Crippen molar-refractivity contribution in [3.8, 4) is 0 Å². The average molecular weight is 380 g/mol. The van der Waals surface area contributed by atoms with Crippen LogP contribution in [0.4, 0.5) is 5.69 Å². The minimum absolute atomic E-state index is 0.0201. The normalized spacial score (nSPS) is 14.1. The van der Waals surface area contributed by atoms with Gasteiger partial charge in [-0.25, -0.2) is 0 Å². The lowest BCUT2D eigenvalue weighted by molar-refractivity contribution is -0.140. The van der Waals surface area contributed by atoms with Gasteiger partial charge >= 0.3 is 0 Å². The van der Waals surface area contributed by atoms with Gasteiger partial charge in [0.25, 0.3) is 0 Å². The van der Waals surface area contributed by atoms with Gasteiger partial charge in [0.2, 0.25) is 11.8 Å². The molecule has 5 heteroatoms. The van der Waals surface area contributed by atoms with Crippen molar-refractivity contribution in [1.29, 1.82) is 0 Å². The van der Waals surface area contributed by atoms with E-state index in [9.17, 15) is 9.59 Å². The number of anilines is 1. The third kappa shape index (κ3) is 4.71. The predicted octanol–water partition coefficient (Wildman–Crippen LogP) is 3.00. The predicted molar refractivity (Wildman–Crippen MR) is 112 cm³/mol. The number of hydrogen-bond acceptors (Lipinski definition) is 3. The van der Waals surface area contributed by atoms with E-state index in [0.717, 1.165) is 18.7 Å². The average Bonchev–Trinajstić information content (AvgIpc) is 2.70. The molecule has 0 atom stereocenters. The second-order valence-electron chi connectivity index (χ2n) is 7.45. The summed E-state index contributed by atoms with van der Waals surface area (Å²) < 4.78 is 0. The Morgan fingerprint density at radius 1 is 0.929 bits per heavy atom. The van der Waals surface area contributed by atoms with Gasteiger partial charge in [0.15, 0.2) is 0 Å². The minimum Gasteiger partial charge on any atom is -0.368 e. The van der Waals surface area contributed by atoms with E-state index in [1.54, 1.807) is 4.90 Å². The smallest absolute Gasteiger partial charge is 0.242 e. The first-order valence-corrected chi connectivity index (χ1v) is 9.84. The highest BCUT2D eigenvalue weighted by atomic mass is 16.2. The van der Waals surface area contributed by atoms with Crippen molar-refractivity contribution in [2.24, 2.45) is 0 Å². The Kier molecular flexibility index (Phi) is 6.34. The summed E-state index contributed by atoms with van der Waals surface area (Å²) >= 11 is 0. The van der Waals surface area contributed by atoms with E-state index in [1.165, 1.54) is 23.7 Å². The molecule has 1 fully saturated rings. The van der Waals surface area contributed by atoms with Gasteiger partial charge in [0.05, 0.1) is 0 Å². The van der Waals surface area contributed by atoms with Crippen LogP contribution in [0.5, 0.6) is 0 Å². The fraction of sp³-hybridized carbons (Fsp3) is 0.391. The maximum absolute atomic E-state index is 12.8.